The number of nitrogen functional groups attached to an aromatic ring is 1. The predicted octanol–water partition coefficient (Wildman–Crippen LogP) is 3.34. The number of benzene rings is 2. The van der Waals surface area contributed by atoms with Gasteiger partial charge in [0.2, 0.25) is 5.91 Å². The third-order valence-electron chi connectivity index (χ3n) is 6.08. The minimum Gasteiger partial charge on any atom is -0.383 e. The molecule has 2 aromatic carbocycles. The number of amides is 1. The second-order valence-corrected chi connectivity index (χ2v) is 7.90. The Morgan fingerprint density at radius 3 is 2.67 bits per heavy atom. The summed E-state index contributed by atoms with van der Waals surface area (Å²) in [5.74, 6) is 0.588. The third-order valence-corrected chi connectivity index (χ3v) is 6.08. The van der Waals surface area contributed by atoms with E-state index in [-0.39, 0.29) is 11.9 Å². The van der Waals surface area contributed by atoms with E-state index < -0.39 is 0 Å². The molecule has 0 unspecified atom stereocenters. The first-order valence-corrected chi connectivity index (χ1v) is 10.3. The van der Waals surface area contributed by atoms with Gasteiger partial charge in [-0.1, -0.05) is 42.5 Å². The van der Waals surface area contributed by atoms with Gasteiger partial charge < -0.3 is 10.6 Å². The normalized spacial score (nSPS) is 15.2. The predicted molar refractivity (Wildman–Crippen MR) is 117 cm³/mol. The summed E-state index contributed by atoms with van der Waals surface area (Å²) in [4.78, 5) is 22.3. The summed E-state index contributed by atoms with van der Waals surface area (Å²) in [5, 5.41) is 8.23. The highest BCUT2D eigenvalue weighted by Crippen LogP contribution is 2.31. The summed E-state index contributed by atoms with van der Waals surface area (Å²) in [6.07, 6.45) is 3.87. The zero-order valence-corrected chi connectivity index (χ0v) is 17.0. The van der Waals surface area contributed by atoms with Crippen LogP contribution >= 0.6 is 0 Å². The number of nitrogens with two attached hydrogens (primary N) is 1. The fourth-order valence-corrected chi connectivity index (χ4v) is 4.50. The SMILES string of the molecule is CC(=O)N1CCC(n2nc(Cc3cccc4ccccc34)c3c(N)ncnc32)CC1. The van der Waals surface area contributed by atoms with Crippen LogP contribution in [0.25, 0.3) is 21.8 Å². The van der Waals surface area contributed by atoms with Crippen LogP contribution < -0.4 is 5.73 Å². The average Bonchev–Trinajstić information content (AvgIpc) is 3.14. The van der Waals surface area contributed by atoms with E-state index in [2.05, 4.69) is 52.4 Å². The van der Waals surface area contributed by atoms with Gasteiger partial charge in [0.15, 0.2) is 5.65 Å². The van der Waals surface area contributed by atoms with Crippen molar-refractivity contribution in [2.24, 2.45) is 0 Å². The summed E-state index contributed by atoms with van der Waals surface area (Å²) in [6, 6.07) is 14.9. The van der Waals surface area contributed by atoms with Gasteiger partial charge in [0.25, 0.3) is 0 Å². The van der Waals surface area contributed by atoms with Crippen molar-refractivity contribution >= 4 is 33.5 Å². The lowest BCUT2D eigenvalue weighted by Crippen LogP contribution is -2.37. The third kappa shape index (κ3) is 3.16. The number of rotatable bonds is 3. The molecule has 1 amide bonds. The number of carbonyl (C=O) groups excluding carboxylic acids is 1. The van der Waals surface area contributed by atoms with Gasteiger partial charge in [-0.2, -0.15) is 5.10 Å². The van der Waals surface area contributed by atoms with E-state index in [4.69, 9.17) is 10.8 Å². The van der Waals surface area contributed by atoms with Gasteiger partial charge in [0.1, 0.15) is 12.1 Å². The number of aromatic nitrogens is 4. The molecule has 1 saturated heterocycles. The number of fused-ring (bicyclic) bond motifs is 2. The average molecular weight is 400 g/mol. The van der Waals surface area contributed by atoms with E-state index in [9.17, 15) is 4.79 Å². The van der Waals surface area contributed by atoms with Gasteiger partial charge >= 0.3 is 0 Å². The first-order valence-electron chi connectivity index (χ1n) is 10.3. The Morgan fingerprint density at radius 2 is 1.87 bits per heavy atom. The van der Waals surface area contributed by atoms with Gasteiger partial charge in [0, 0.05) is 26.4 Å². The largest absolute Gasteiger partial charge is 0.383 e. The molecular weight excluding hydrogens is 376 g/mol. The minimum atomic E-state index is 0.127. The van der Waals surface area contributed by atoms with Crippen LogP contribution in [-0.2, 0) is 11.2 Å². The Morgan fingerprint density at radius 1 is 1.10 bits per heavy atom. The van der Waals surface area contributed by atoms with E-state index in [1.807, 2.05) is 9.58 Å². The summed E-state index contributed by atoms with van der Waals surface area (Å²) < 4.78 is 2.01. The standard InChI is InChI=1S/C23H24N6O/c1-15(30)28-11-9-18(10-12-28)29-23-21(22(24)25-14-26-23)20(27-29)13-17-7-4-6-16-5-2-3-8-19(16)17/h2-8,14,18H,9-13H2,1H3,(H2,24,25,26). The molecule has 2 N–H and O–H groups in total. The summed E-state index contributed by atoms with van der Waals surface area (Å²) >= 11 is 0. The molecule has 7 nitrogen and oxygen atoms in total. The molecule has 2 aromatic heterocycles. The lowest BCUT2D eigenvalue weighted by atomic mass is 10.00. The van der Waals surface area contributed by atoms with Crippen LogP contribution in [0.5, 0.6) is 0 Å². The van der Waals surface area contributed by atoms with E-state index >= 15 is 0 Å². The summed E-state index contributed by atoms with van der Waals surface area (Å²) in [7, 11) is 0. The molecule has 1 aliphatic rings. The van der Waals surface area contributed by atoms with Crippen molar-refractivity contribution in [3.8, 4) is 0 Å². The number of likely N-dealkylation sites (tertiary alicyclic amines) is 1. The van der Waals surface area contributed by atoms with Crippen LogP contribution in [0.3, 0.4) is 0 Å². The Kier molecular flexibility index (Phi) is 4.58. The molecule has 7 heteroatoms. The van der Waals surface area contributed by atoms with Gasteiger partial charge in [-0.25, -0.2) is 14.6 Å². The van der Waals surface area contributed by atoms with Crippen LogP contribution in [0.15, 0.2) is 48.8 Å². The second-order valence-electron chi connectivity index (χ2n) is 7.90. The van der Waals surface area contributed by atoms with E-state index in [0.29, 0.717) is 12.2 Å². The van der Waals surface area contributed by atoms with E-state index in [1.54, 1.807) is 6.92 Å². The molecule has 0 saturated carbocycles. The Labute approximate surface area is 174 Å². The van der Waals surface area contributed by atoms with E-state index in [0.717, 1.165) is 42.7 Å². The maximum atomic E-state index is 11.7. The summed E-state index contributed by atoms with van der Waals surface area (Å²) in [5.41, 5.74) is 9.15. The van der Waals surface area contributed by atoms with Gasteiger partial charge in [-0.3, -0.25) is 4.79 Å². The maximum absolute atomic E-state index is 11.7. The first kappa shape index (κ1) is 18.5. The lowest BCUT2D eigenvalue weighted by Gasteiger charge is -2.31. The highest BCUT2D eigenvalue weighted by atomic mass is 16.2. The first-order chi connectivity index (χ1) is 14.6. The molecule has 1 aliphatic heterocycles. The smallest absolute Gasteiger partial charge is 0.219 e. The van der Waals surface area contributed by atoms with E-state index in [1.165, 1.54) is 22.7 Å². The molecular formula is C23H24N6O. The highest BCUT2D eigenvalue weighted by molar-refractivity contribution is 5.90. The van der Waals surface area contributed by atoms with Crippen LogP contribution in [-0.4, -0.2) is 43.6 Å². The number of anilines is 1. The second kappa shape index (κ2) is 7.40. The van der Waals surface area contributed by atoms with Crippen molar-refractivity contribution < 1.29 is 4.79 Å². The fourth-order valence-electron chi connectivity index (χ4n) is 4.50. The van der Waals surface area contributed by atoms with Crippen molar-refractivity contribution in [2.45, 2.75) is 32.2 Å². The Balaban J connectivity index is 1.56. The topological polar surface area (TPSA) is 89.9 Å². The fraction of sp³-hybridized carbons (Fsp3) is 0.304. The molecule has 3 heterocycles. The highest BCUT2D eigenvalue weighted by Gasteiger charge is 2.26. The van der Waals surface area contributed by atoms with Crippen LogP contribution in [0.1, 0.15) is 37.1 Å². The van der Waals surface area contributed by atoms with Crippen LogP contribution in [0.2, 0.25) is 0 Å². The molecule has 5 rings (SSSR count). The molecule has 30 heavy (non-hydrogen) atoms. The van der Waals surface area contributed by atoms with Gasteiger partial charge in [-0.15, -0.1) is 0 Å². The van der Waals surface area contributed by atoms with Gasteiger partial charge in [0.05, 0.1) is 17.1 Å². The molecule has 1 fully saturated rings. The lowest BCUT2D eigenvalue weighted by molar-refractivity contribution is -0.130. The molecule has 152 valence electrons. The zero-order chi connectivity index (χ0) is 20.7. The minimum absolute atomic E-state index is 0.127. The quantitative estimate of drug-likeness (QED) is 0.570. The zero-order valence-electron chi connectivity index (χ0n) is 17.0. The number of hydrogen-bond donors (Lipinski definition) is 1. The van der Waals surface area contributed by atoms with Crippen LogP contribution in [0, 0.1) is 0 Å². The Hall–Kier alpha value is -3.48. The molecule has 0 bridgehead atoms. The molecule has 0 atom stereocenters. The van der Waals surface area contributed by atoms with Crippen LogP contribution in [0.4, 0.5) is 5.82 Å². The number of hydrogen-bond acceptors (Lipinski definition) is 5. The number of carbonyl (C=O) groups is 1. The Bertz CT molecular complexity index is 1230. The maximum Gasteiger partial charge on any atom is 0.219 e. The number of nitrogens with zero attached hydrogens (tertiary/aromatic N) is 5. The monoisotopic (exact) mass is 400 g/mol. The molecule has 0 aliphatic carbocycles. The molecule has 0 spiro atoms. The van der Waals surface area contributed by atoms with Crippen molar-refractivity contribution in [3.63, 3.8) is 0 Å². The van der Waals surface area contributed by atoms with Crippen molar-refractivity contribution in [1.82, 2.24) is 24.6 Å². The number of piperidine rings is 1. The molecule has 0 radical (unpaired) electrons. The van der Waals surface area contributed by atoms with Gasteiger partial charge in [-0.05, 0) is 29.2 Å². The van der Waals surface area contributed by atoms with Crippen molar-refractivity contribution in [3.05, 3.63) is 60.0 Å². The summed E-state index contributed by atoms with van der Waals surface area (Å²) in [6.45, 7) is 3.10. The van der Waals surface area contributed by atoms with Crippen molar-refractivity contribution in [1.29, 1.82) is 0 Å². The molecule has 4 aromatic rings. The van der Waals surface area contributed by atoms with Crippen molar-refractivity contribution in [2.75, 3.05) is 18.8 Å².